The molecule has 0 saturated heterocycles. The van der Waals surface area contributed by atoms with Crippen molar-refractivity contribution in [2.75, 3.05) is 11.1 Å². The zero-order valence-corrected chi connectivity index (χ0v) is 15.5. The first-order valence-electron chi connectivity index (χ1n) is 8.18. The number of nitriles is 1. The van der Waals surface area contributed by atoms with Gasteiger partial charge in [-0.3, -0.25) is 4.79 Å². The number of nitrogen functional groups attached to an aromatic ring is 1. The molecular formula is C19H14F7N3O. The van der Waals surface area contributed by atoms with Crippen LogP contribution in [0.2, 0.25) is 0 Å². The number of anilines is 2. The smallest absolute Gasteiger partial charge is 0.399 e. The van der Waals surface area contributed by atoms with Gasteiger partial charge in [0.15, 0.2) is 0 Å². The van der Waals surface area contributed by atoms with Crippen molar-refractivity contribution in [1.29, 1.82) is 5.26 Å². The summed E-state index contributed by atoms with van der Waals surface area (Å²) in [5.41, 5.74) is -2.07. The van der Waals surface area contributed by atoms with Crippen LogP contribution in [0.15, 0.2) is 30.3 Å². The van der Waals surface area contributed by atoms with Crippen LogP contribution >= 0.6 is 0 Å². The number of carbonyl (C=O) groups excluding carboxylic acids is 1. The number of alkyl halides is 7. The van der Waals surface area contributed by atoms with Crippen LogP contribution in [0.25, 0.3) is 0 Å². The summed E-state index contributed by atoms with van der Waals surface area (Å²) in [6, 6.07) is 6.28. The fraction of sp³-hybridized carbons (Fsp3) is 0.263. The maximum Gasteiger partial charge on any atom is 0.435 e. The first-order chi connectivity index (χ1) is 13.6. The van der Waals surface area contributed by atoms with Crippen molar-refractivity contribution in [3.63, 3.8) is 0 Å². The second kappa shape index (κ2) is 7.51. The Morgan fingerprint density at radius 1 is 0.933 bits per heavy atom. The van der Waals surface area contributed by atoms with Crippen molar-refractivity contribution in [3.8, 4) is 6.07 Å². The third-order valence-electron chi connectivity index (χ3n) is 4.30. The maximum absolute atomic E-state index is 14.3. The molecular weight excluding hydrogens is 419 g/mol. The number of nitrogens with two attached hydrogens (primary N) is 1. The van der Waals surface area contributed by atoms with Gasteiger partial charge < -0.3 is 11.1 Å². The summed E-state index contributed by atoms with van der Waals surface area (Å²) in [4.78, 5) is 12.4. The van der Waals surface area contributed by atoms with E-state index in [-0.39, 0.29) is 33.6 Å². The highest BCUT2D eigenvalue weighted by Crippen LogP contribution is 2.53. The number of benzene rings is 2. The third-order valence-corrected chi connectivity index (χ3v) is 4.30. The predicted octanol–water partition coefficient (Wildman–Crippen LogP) is 5.30. The summed E-state index contributed by atoms with van der Waals surface area (Å²) in [7, 11) is 0. The normalized spacial score (nSPS) is 12.4. The third kappa shape index (κ3) is 4.03. The summed E-state index contributed by atoms with van der Waals surface area (Å²) in [5.74, 6) is -0.809. The molecule has 0 unspecified atom stereocenters. The molecule has 2 aromatic carbocycles. The molecule has 0 fully saturated rings. The highest BCUT2D eigenvalue weighted by Gasteiger charge is 2.73. The Hall–Kier alpha value is -3.29. The Bertz CT molecular complexity index is 999. The lowest BCUT2D eigenvalue weighted by Gasteiger charge is -2.31. The van der Waals surface area contributed by atoms with Gasteiger partial charge in [0.2, 0.25) is 0 Å². The molecule has 0 aromatic heterocycles. The minimum atomic E-state index is -6.25. The lowest BCUT2D eigenvalue weighted by atomic mass is 9.90. The van der Waals surface area contributed by atoms with E-state index in [2.05, 4.69) is 5.32 Å². The molecule has 0 atom stereocenters. The number of amides is 1. The van der Waals surface area contributed by atoms with Gasteiger partial charge in [-0.25, -0.2) is 4.39 Å². The van der Waals surface area contributed by atoms with Crippen LogP contribution in [0.1, 0.15) is 32.6 Å². The number of hydrogen-bond acceptors (Lipinski definition) is 3. The average molecular weight is 433 g/mol. The van der Waals surface area contributed by atoms with Crippen LogP contribution in [0.4, 0.5) is 42.1 Å². The molecule has 0 aliphatic heterocycles. The van der Waals surface area contributed by atoms with E-state index in [1.54, 1.807) is 6.07 Å². The van der Waals surface area contributed by atoms with Crippen molar-refractivity contribution >= 4 is 17.3 Å². The summed E-state index contributed by atoms with van der Waals surface area (Å²) in [6.07, 6.45) is -12.5. The topological polar surface area (TPSA) is 78.9 Å². The van der Waals surface area contributed by atoms with Gasteiger partial charge in [0.25, 0.3) is 5.91 Å². The minimum absolute atomic E-state index is 0.0557. The number of carbonyl (C=O) groups is 1. The van der Waals surface area contributed by atoms with Crippen LogP contribution < -0.4 is 11.1 Å². The predicted molar refractivity (Wildman–Crippen MR) is 94.3 cm³/mol. The van der Waals surface area contributed by atoms with E-state index in [9.17, 15) is 35.5 Å². The number of nitrogens with one attached hydrogen (secondary N) is 1. The molecule has 0 spiro atoms. The van der Waals surface area contributed by atoms with E-state index < -0.39 is 29.5 Å². The number of halogens is 7. The molecule has 30 heavy (non-hydrogen) atoms. The molecule has 0 radical (unpaired) electrons. The molecule has 1 amide bonds. The second-order valence-electron chi connectivity index (χ2n) is 6.55. The van der Waals surface area contributed by atoms with E-state index in [1.807, 2.05) is 0 Å². The summed E-state index contributed by atoms with van der Waals surface area (Å²) < 4.78 is 92.2. The van der Waals surface area contributed by atoms with E-state index in [0.717, 1.165) is 13.8 Å². The standard InChI is InChI=1S/C19H14F7N3O/c1-9-3-13(17(20,18(21,22)23)19(24,25)26)4-10(2)15(9)29-16(30)12-5-11(8-27)6-14(28)7-12/h3-7H,28H2,1-2H3,(H,29,30). The first-order valence-corrected chi connectivity index (χ1v) is 8.18. The quantitative estimate of drug-likeness (QED) is 0.509. The molecule has 160 valence electrons. The van der Waals surface area contributed by atoms with Crippen molar-refractivity contribution in [2.24, 2.45) is 0 Å². The van der Waals surface area contributed by atoms with Gasteiger partial charge in [0.05, 0.1) is 11.6 Å². The molecule has 11 heteroatoms. The number of rotatable bonds is 3. The van der Waals surface area contributed by atoms with Gasteiger partial charge in [-0.1, -0.05) is 12.1 Å². The maximum atomic E-state index is 14.3. The van der Waals surface area contributed by atoms with Crippen molar-refractivity contribution in [2.45, 2.75) is 31.9 Å². The Morgan fingerprint density at radius 2 is 1.43 bits per heavy atom. The molecule has 0 aliphatic carbocycles. The Morgan fingerprint density at radius 3 is 1.87 bits per heavy atom. The number of hydrogen-bond donors (Lipinski definition) is 2. The van der Waals surface area contributed by atoms with E-state index in [4.69, 9.17) is 11.0 Å². The van der Waals surface area contributed by atoms with Gasteiger partial charge in [-0.05, 0) is 43.2 Å². The molecule has 0 bridgehead atoms. The fourth-order valence-electron chi connectivity index (χ4n) is 2.88. The Balaban J connectivity index is 2.51. The van der Waals surface area contributed by atoms with Gasteiger partial charge in [0, 0.05) is 22.5 Å². The minimum Gasteiger partial charge on any atom is -0.399 e. The number of nitrogens with zero attached hydrogens (tertiary/aromatic N) is 1. The molecule has 2 aromatic rings. The molecule has 0 saturated carbocycles. The zero-order chi connectivity index (χ0) is 23.1. The summed E-state index contributed by atoms with van der Waals surface area (Å²) in [5, 5.41) is 11.3. The van der Waals surface area contributed by atoms with Gasteiger partial charge in [-0.2, -0.15) is 31.6 Å². The van der Waals surface area contributed by atoms with Gasteiger partial charge in [-0.15, -0.1) is 0 Å². The van der Waals surface area contributed by atoms with E-state index in [0.29, 0.717) is 12.1 Å². The Labute approximate surface area is 166 Å². The van der Waals surface area contributed by atoms with E-state index >= 15 is 0 Å². The highest BCUT2D eigenvalue weighted by molar-refractivity contribution is 6.05. The van der Waals surface area contributed by atoms with Crippen LogP contribution in [0.5, 0.6) is 0 Å². The molecule has 0 aliphatic rings. The lowest BCUT2D eigenvalue weighted by molar-refractivity contribution is -0.348. The molecule has 0 heterocycles. The van der Waals surface area contributed by atoms with Crippen LogP contribution in [0.3, 0.4) is 0 Å². The average Bonchev–Trinajstić information content (AvgIpc) is 2.61. The second-order valence-corrected chi connectivity index (χ2v) is 6.55. The van der Waals surface area contributed by atoms with Crippen molar-refractivity contribution in [3.05, 3.63) is 58.1 Å². The number of aryl methyl sites for hydroxylation is 2. The van der Waals surface area contributed by atoms with Crippen LogP contribution in [-0.2, 0) is 5.67 Å². The monoisotopic (exact) mass is 433 g/mol. The zero-order valence-electron chi connectivity index (χ0n) is 15.5. The SMILES string of the molecule is Cc1cc(C(F)(C(F)(F)F)C(F)(F)F)cc(C)c1NC(=O)c1cc(N)cc(C#N)c1. The molecule has 2 rings (SSSR count). The lowest BCUT2D eigenvalue weighted by Crippen LogP contribution is -2.50. The highest BCUT2D eigenvalue weighted by atomic mass is 19.4. The van der Waals surface area contributed by atoms with Crippen LogP contribution in [0, 0.1) is 25.2 Å². The summed E-state index contributed by atoms with van der Waals surface area (Å²) >= 11 is 0. The van der Waals surface area contributed by atoms with Gasteiger partial charge in [0.1, 0.15) is 0 Å². The van der Waals surface area contributed by atoms with Crippen LogP contribution in [-0.4, -0.2) is 18.3 Å². The first kappa shape index (κ1) is 23.0. The Kier molecular flexibility index (Phi) is 5.76. The van der Waals surface area contributed by atoms with Crippen molar-refractivity contribution < 1.29 is 35.5 Å². The molecule has 3 N–H and O–H groups in total. The largest absolute Gasteiger partial charge is 0.435 e. The molecule has 4 nitrogen and oxygen atoms in total. The fourth-order valence-corrected chi connectivity index (χ4v) is 2.88. The van der Waals surface area contributed by atoms with E-state index in [1.165, 1.54) is 18.2 Å². The summed E-state index contributed by atoms with van der Waals surface area (Å²) in [6.45, 7) is 2.25. The van der Waals surface area contributed by atoms with Gasteiger partial charge >= 0.3 is 18.0 Å². The van der Waals surface area contributed by atoms with Crippen molar-refractivity contribution in [1.82, 2.24) is 0 Å².